The number of carbonyl (C=O) groups is 2. The van der Waals surface area contributed by atoms with Gasteiger partial charge in [0, 0.05) is 30.5 Å². The van der Waals surface area contributed by atoms with Gasteiger partial charge in [0.1, 0.15) is 6.04 Å². The molecule has 2 unspecified atom stereocenters. The van der Waals surface area contributed by atoms with E-state index in [4.69, 9.17) is 4.74 Å². The van der Waals surface area contributed by atoms with Crippen molar-refractivity contribution in [3.63, 3.8) is 0 Å². The fraction of sp³-hybridized carbons (Fsp3) is 0.579. The van der Waals surface area contributed by atoms with E-state index in [0.717, 1.165) is 38.0 Å². The molecule has 2 heterocycles. The molecule has 148 valence electrons. The average molecular weight is 375 g/mol. The number of morpholine rings is 1. The summed E-state index contributed by atoms with van der Waals surface area (Å²) in [6.07, 6.45) is 2.93. The summed E-state index contributed by atoms with van der Waals surface area (Å²) in [5, 5.41) is 5.80. The van der Waals surface area contributed by atoms with Crippen LogP contribution in [-0.2, 0) is 14.3 Å². The highest BCUT2D eigenvalue weighted by molar-refractivity contribution is 5.96. The molecule has 0 saturated carbocycles. The minimum atomic E-state index is -0.227. The van der Waals surface area contributed by atoms with Crippen molar-refractivity contribution in [2.45, 2.75) is 38.3 Å². The molecule has 0 aliphatic carbocycles. The molecule has 3 rings (SSSR count). The Kier molecular flexibility index (Phi) is 7.17. The predicted molar refractivity (Wildman–Crippen MR) is 104 cm³/mol. The predicted octanol–water partition coefficient (Wildman–Crippen LogP) is 0.931. The Morgan fingerprint density at radius 2 is 1.78 bits per heavy atom. The third-order valence-corrected chi connectivity index (χ3v) is 4.84. The highest BCUT2D eigenvalue weighted by Crippen LogP contribution is 2.16. The number of hydrazine groups is 1. The monoisotopic (exact) mass is 375 g/mol. The van der Waals surface area contributed by atoms with E-state index in [0.29, 0.717) is 31.5 Å². The van der Waals surface area contributed by atoms with Crippen molar-refractivity contribution < 1.29 is 14.3 Å². The second kappa shape index (κ2) is 9.80. The van der Waals surface area contributed by atoms with E-state index in [1.165, 1.54) is 0 Å². The summed E-state index contributed by atoms with van der Waals surface area (Å²) in [5.41, 5.74) is 7.66. The van der Waals surface area contributed by atoms with Crippen LogP contribution in [0.25, 0.3) is 0 Å². The Labute approximate surface area is 160 Å². The van der Waals surface area contributed by atoms with Crippen LogP contribution in [-0.4, -0.2) is 61.6 Å². The lowest BCUT2D eigenvalue weighted by Crippen LogP contribution is -2.41. The van der Waals surface area contributed by atoms with Gasteiger partial charge < -0.3 is 15.4 Å². The maximum Gasteiger partial charge on any atom is 0.242 e. The van der Waals surface area contributed by atoms with Crippen LogP contribution in [0.4, 0.5) is 11.4 Å². The van der Waals surface area contributed by atoms with Crippen molar-refractivity contribution in [2.75, 3.05) is 43.5 Å². The van der Waals surface area contributed by atoms with E-state index in [9.17, 15) is 9.59 Å². The summed E-state index contributed by atoms with van der Waals surface area (Å²) in [5.74, 6) is -0.0953. The fourth-order valence-corrected chi connectivity index (χ4v) is 3.36. The van der Waals surface area contributed by atoms with E-state index >= 15 is 0 Å². The summed E-state index contributed by atoms with van der Waals surface area (Å²) >= 11 is 0. The average Bonchev–Trinajstić information content (AvgIpc) is 3.13. The summed E-state index contributed by atoms with van der Waals surface area (Å²) in [6.45, 7) is 5.40. The van der Waals surface area contributed by atoms with Gasteiger partial charge in [0.2, 0.25) is 11.8 Å². The number of rotatable bonds is 7. The molecule has 0 bridgehead atoms. The largest absolute Gasteiger partial charge is 0.379 e. The Balaban J connectivity index is 1.44. The lowest BCUT2D eigenvalue weighted by Gasteiger charge is -2.25. The van der Waals surface area contributed by atoms with E-state index in [1.807, 2.05) is 0 Å². The van der Waals surface area contributed by atoms with Crippen molar-refractivity contribution in [1.29, 1.82) is 0 Å². The minimum absolute atomic E-state index is 0.0446. The van der Waals surface area contributed by atoms with Crippen LogP contribution in [0.5, 0.6) is 0 Å². The van der Waals surface area contributed by atoms with E-state index in [-0.39, 0.29) is 17.9 Å². The summed E-state index contributed by atoms with van der Waals surface area (Å²) in [4.78, 5) is 26.5. The Morgan fingerprint density at radius 1 is 1.11 bits per heavy atom. The first-order chi connectivity index (χ1) is 13.1. The third-order valence-electron chi connectivity index (χ3n) is 4.84. The summed E-state index contributed by atoms with van der Waals surface area (Å²) in [6, 6.07) is 7.31. The van der Waals surface area contributed by atoms with Gasteiger partial charge in [-0.05, 0) is 37.1 Å². The van der Waals surface area contributed by atoms with Crippen LogP contribution >= 0.6 is 0 Å². The number of nitrogens with zero attached hydrogens (tertiary/aromatic N) is 1. The number of benzene rings is 1. The van der Waals surface area contributed by atoms with Gasteiger partial charge in [-0.3, -0.25) is 19.9 Å². The highest BCUT2D eigenvalue weighted by atomic mass is 16.5. The van der Waals surface area contributed by atoms with Crippen LogP contribution < -0.4 is 21.5 Å². The molecule has 0 radical (unpaired) electrons. The molecule has 2 aliphatic heterocycles. The van der Waals surface area contributed by atoms with Crippen LogP contribution in [0, 0.1) is 0 Å². The minimum Gasteiger partial charge on any atom is -0.379 e. The molecule has 2 saturated heterocycles. The van der Waals surface area contributed by atoms with Gasteiger partial charge in [0.25, 0.3) is 0 Å². The van der Waals surface area contributed by atoms with Crippen LogP contribution in [0.1, 0.15) is 26.2 Å². The Hall–Kier alpha value is -2.00. The topological polar surface area (TPSA) is 94.7 Å². The zero-order chi connectivity index (χ0) is 19.1. The maximum absolute atomic E-state index is 12.3. The summed E-state index contributed by atoms with van der Waals surface area (Å²) < 4.78 is 5.28. The number of hydrogen-bond acceptors (Lipinski definition) is 6. The molecular formula is C19H29N5O3. The molecule has 0 aromatic heterocycles. The first-order valence-corrected chi connectivity index (χ1v) is 9.66. The first-order valence-electron chi connectivity index (χ1n) is 9.66. The SMILES string of the molecule is CCCC1CC(C(=O)Nc2ccc(NC(=O)CN3CCOCC3)cc2)NN1. The molecule has 27 heavy (non-hydrogen) atoms. The number of nitrogens with one attached hydrogen (secondary N) is 4. The normalized spacial score (nSPS) is 23.1. The van der Waals surface area contributed by atoms with Gasteiger partial charge in [-0.2, -0.15) is 0 Å². The van der Waals surface area contributed by atoms with Gasteiger partial charge in [-0.25, -0.2) is 5.43 Å². The van der Waals surface area contributed by atoms with E-state index in [2.05, 4.69) is 33.3 Å². The molecule has 2 fully saturated rings. The Bertz CT molecular complexity index is 631. The third kappa shape index (κ3) is 6.00. The lowest BCUT2D eigenvalue weighted by atomic mass is 10.1. The molecule has 1 aromatic rings. The zero-order valence-corrected chi connectivity index (χ0v) is 15.8. The number of ether oxygens (including phenoxy) is 1. The van der Waals surface area contributed by atoms with Gasteiger partial charge >= 0.3 is 0 Å². The van der Waals surface area contributed by atoms with Crippen LogP contribution in [0.15, 0.2) is 24.3 Å². The number of hydrogen-bond donors (Lipinski definition) is 4. The van der Waals surface area contributed by atoms with Gasteiger partial charge in [0.15, 0.2) is 0 Å². The number of carbonyl (C=O) groups excluding carboxylic acids is 2. The van der Waals surface area contributed by atoms with Crippen molar-refractivity contribution in [3.05, 3.63) is 24.3 Å². The molecular weight excluding hydrogens is 346 g/mol. The second-order valence-electron chi connectivity index (χ2n) is 7.07. The van der Waals surface area contributed by atoms with Gasteiger partial charge in [0.05, 0.1) is 19.8 Å². The van der Waals surface area contributed by atoms with Crippen molar-refractivity contribution >= 4 is 23.2 Å². The van der Waals surface area contributed by atoms with Crippen molar-refractivity contribution in [2.24, 2.45) is 0 Å². The lowest BCUT2D eigenvalue weighted by molar-refractivity contribution is -0.118. The number of amides is 2. The smallest absolute Gasteiger partial charge is 0.242 e. The molecule has 0 spiro atoms. The number of anilines is 2. The molecule has 2 aliphatic rings. The Morgan fingerprint density at radius 3 is 2.44 bits per heavy atom. The van der Waals surface area contributed by atoms with Crippen molar-refractivity contribution in [1.82, 2.24) is 15.8 Å². The van der Waals surface area contributed by atoms with E-state index in [1.54, 1.807) is 24.3 Å². The first kappa shape index (κ1) is 19.8. The van der Waals surface area contributed by atoms with Gasteiger partial charge in [-0.15, -0.1) is 0 Å². The molecule has 2 atom stereocenters. The molecule has 8 nitrogen and oxygen atoms in total. The summed E-state index contributed by atoms with van der Waals surface area (Å²) in [7, 11) is 0. The second-order valence-corrected chi connectivity index (χ2v) is 7.07. The zero-order valence-electron chi connectivity index (χ0n) is 15.8. The van der Waals surface area contributed by atoms with E-state index < -0.39 is 0 Å². The molecule has 8 heteroatoms. The quantitative estimate of drug-likeness (QED) is 0.566. The van der Waals surface area contributed by atoms with Crippen LogP contribution in [0.3, 0.4) is 0 Å². The molecule has 2 amide bonds. The van der Waals surface area contributed by atoms with Gasteiger partial charge in [-0.1, -0.05) is 13.3 Å². The molecule has 4 N–H and O–H groups in total. The fourth-order valence-electron chi connectivity index (χ4n) is 3.36. The van der Waals surface area contributed by atoms with Crippen LogP contribution in [0.2, 0.25) is 0 Å². The standard InChI is InChI=1S/C19H29N5O3/c1-2-3-16-12-17(23-22-16)19(26)21-15-6-4-14(5-7-15)20-18(25)13-24-8-10-27-11-9-24/h4-7,16-17,22-23H,2-3,8-13H2,1H3,(H,20,25)(H,21,26). The highest BCUT2D eigenvalue weighted by Gasteiger charge is 2.28. The van der Waals surface area contributed by atoms with Crippen molar-refractivity contribution in [3.8, 4) is 0 Å². The molecule has 1 aromatic carbocycles. The maximum atomic E-state index is 12.3.